The number of halogens is 5. The normalized spacial score (nSPS) is 11.5. The minimum Gasteiger partial charge on any atom is -0.433 e. The fourth-order valence-corrected chi connectivity index (χ4v) is 1.78. The number of benzene rings is 2. The Morgan fingerprint density at radius 3 is 2.27 bits per heavy atom. The third kappa shape index (κ3) is 4.24. The number of anilines is 1. The van der Waals surface area contributed by atoms with Gasteiger partial charge in [-0.15, -0.1) is 13.2 Å². The van der Waals surface area contributed by atoms with Crippen LogP contribution in [0, 0.1) is 0 Å². The Morgan fingerprint density at radius 2 is 1.64 bits per heavy atom. The van der Waals surface area contributed by atoms with Crippen molar-refractivity contribution in [2.24, 2.45) is 0 Å². The molecule has 2 aromatic rings. The predicted molar refractivity (Wildman–Crippen MR) is 69.6 cm³/mol. The summed E-state index contributed by atoms with van der Waals surface area (Å²) in [5.74, 6) is -0.673. The standard InChI is InChI=1S/C14H10F5NO2/c15-13(16)21-12-7-9(4-5-11(12)20)8-2-1-3-10(6-8)22-14(17,18)19/h1-7,13H,20H2. The number of nitrogens with two attached hydrogens (primary N) is 1. The molecule has 0 aliphatic carbocycles. The van der Waals surface area contributed by atoms with E-state index in [0.717, 1.165) is 12.1 Å². The van der Waals surface area contributed by atoms with Gasteiger partial charge in [0.25, 0.3) is 0 Å². The fourth-order valence-electron chi connectivity index (χ4n) is 1.78. The molecular formula is C14H10F5NO2. The number of hydrogen-bond donors (Lipinski definition) is 1. The second kappa shape index (κ2) is 6.08. The molecule has 0 amide bonds. The van der Waals surface area contributed by atoms with E-state index in [2.05, 4.69) is 9.47 Å². The van der Waals surface area contributed by atoms with E-state index in [1.54, 1.807) is 0 Å². The highest BCUT2D eigenvalue weighted by Crippen LogP contribution is 2.32. The van der Waals surface area contributed by atoms with Crippen molar-refractivity contribution in [2.75, 3.05) is 5.73 Å². The van der Waals surface area contributed by atoms with Crippen LogP contribution in [0.4, 0.5) is 27.6 Å². The first-order valence-electron chi connectivity index (χ1n) is 5.95. The Hall–Kier alpha value is -2.51. The quantitative estimate of drug-likeness (QED) is 0.669. The zero-order valence-corrected chi connectivity index (χ0v) is 10.9. The molecule has 0 bridgehead atoms. The van der Waals surface area contributed by atoms with Crippen molar-refractivity contribution in [2.45, 2.75) is 13.0 Å². The molecule has 0 aromatic heterocycles. The van der Waals surface area contributed by atoms with Crippen molar-refractivity contribution in [1.82, 2.24) is 0 Å². The molecule has 22 heavy (non-hydrogen) atoms. The van der Waals surface area contributed by atoms with Gasteiger partial charge in [0.1, 0.15) is 11.5 Å². The number of alkyl halides is 5. The summed E-state index contributed by atoms with van der Waals surface area (Å²) in [5.41, 5.74) is 6.18. The molecule has 2 N–H and O–H groups in total. The summed E-state index contributed by atoms with van der Waals surface area (Å²) in [7, 11) is 0. The lowest BCUT2D eigenvalue weighted by molar-refractivity contribution is -0.274. The van der Waals surface area contributed by atoms with Crippen LogP contribution >= 0.6 is 0 Å². The summed E-state index contributed by atoms with van der Waals surface area (Å²) in [6.45, 7) is -3.06. The van der Waals surface area contributed by atoms with Crippen LogP contribution in [0.2, 0.25) is 0 Å². The van der Waals surface area contributed by atoms with Crippen molar-refractivity contribution in [3.05, 3.63) is 42.5 Å². The summed E-state index contributed by atoms with van der Waals surface area (Å²) in [6.07, 6.45) is -4.82. The van der Waals surface area contributed by atoms with E-state index < -0.39 is 18.7 Å². The number of rotatable bonds is 4. The van der Waals surface area contributed by atoms with Gasteiger partial charge in [0.15, 0.2) is 0 Å². The lowest BCUT2D eigenvalue weighted by atomic mass is 10.0. The molecule has 0 aliphatic heterocycles. The molecule has 3 nitrogen and oxygen atoms in total. The van der Waals surface area contributed by atoms with Gasteiger partial charge in [-0.2, -0.15) is 8.78 Å². The molecule has 0 saturated carbocycles. The third-order valence-electron chi connectivity index (χ3n) is 2.63. The minimum atomic E-state index is -4.82. The first kappa shape index (κ1) is 15.9. The molecule has 0 spiro atoms. The predicted octanol–water partition coefficient (Wildman–Crippen LogP) is 4.44. The largest absolute Gasteiger partial charge is 0.573 e. The van der Waals surface area contributed by atoms with Crippen LogP contribution in [0.3, 0.4) is 0 Å². The van der Waals surface area contributed by atoms with Crippen molar-refractivity contribution in [3.8, 4) is 22.6 Å². The average molecular weight is 319 g/mol. The Morgan fingerprint density at radius 1 is 0.955 bits per heavy atom. The van der Waals surface area contributed by atoms with Crippen LogP contribution in [-0.2, 0) is 0 Å². The summed E-state index contributed by atoms with van der Waals surface area (Å²) in [4.78, 5) is 0. The lowest BCUT2D eigenvalue weighted by Crippen LogP contribution is -2.17. The molecule has 0 aliphatic rings. The van der Waals surface area contributed by atoms with E-state index in [1.807, 2.05) is 0 Å². The van der Waals surface area contributed by atoms with Gasteiger partial charge in [-0.05, 0) is 35.4 Å². The third-order valence-corrected chi connectivity index (χ3v) is 2.63. The smallest absolute Gasteiger partial charge is 0.433 e. The SMILES string of the molecule is Nc1ccc(-c2cccc(OC(F)(F)F)c2)cc1OC(F)F. The van der Waals surface area contributed by atoms with Crippen molar-refractivity contribution < 1.29 is 31.4 Å². The molecule has 118 valence electrons. The van der Waals surface area contributed by atoms with Crippen molar-refractivity contribution in [1.29, 1.82) is 0 Å². The summed E-state index contributed by atoms with van der Waals surface area (Å²) >= 11 is 0. The van der Waals surface area contributed by atoms with Crippen LogP contribution in [-0.4, -0.2) is 13.0 Å². The first-order chi connectivity index (χ1) is 10.2. The van der Waals surface area contributed by atoms with E-state index in [-0.39, 0.29) is 11.4 Å². The van der Waals surface area contributed by atoms with E-state index in [1.165, 1.54) is 30.3 Å². The molecule has 8 heteroatoms. The lowest BCUT2D eigenvalue weighted by Gasteiger charge is -2.12. The molecular weight excluding hydrogens is 309 g/mol. The van der Waals surface area contributed by atoms with Crippen LogP contribution in [0.5, 0.6) is 11.5 Å². The van der Waals surface area contributed by atoms with Crippen molar-refractivity contribution >= 4 is 5.69 Å². The highest BCUT2D eigenvalue weighted by molar-refractivity contribution is 5.70. The Bertz CT molecular complexity index is 658. The molecule has 0 heterocycles. The zero-order chi connectivity index (χ0) is 16.3. The Kier molecular flexibility index (Phi) is 4.39. The second-order valence-electron chi connectivity index (χ2n) is 4.21. The topological polar surface area (TPSA) is 44.5 Å². The highest BCUT2D eigenvalue weighted by atomic mass is 19.4. The fraction of sp³-hybridized carbons (Fsp3) is 0.143. The monoisotopic (exact) mass is 319 g/mol. The van der Waals surface area contributed by atoms with Gasteiger partial charge in [-0.3, -0.25) is 0 Å². The molecule has 2 rings (SSSR count). The van der Waals surface area contributed by atoms with Crippen LogP contribution < -0.4 is 15.2 Å². The maximum absolute atomic E-state index is 12.3. The van der Waals surface area contributed by atoms with Crippen LogP contribution in [0.25, 0.3) is 11.1 Å². The summed E-state index contributed by atoms with van der Waals surface area (Å²) < 4.78 is 69.2. The number of hydrogen-bond acceptors (Lipinski definition) is 3. The van der Waals surface area contributed by atoms with Gasteiger partial charge in [0.05, 0.1) is 5.69 Å². The molecule has 2 aromatic carbocycles. The average Bonchev–Trinajstić information content (AvgIpc) is 2.39. The van der Waals surface area contributed by atoms with Gasteiger partial charge >= 0.3 is 13.0 Å². The van der Waals surface area contributed by atoms with Crippen molar-refractivity contribution in [3.63, 3.8) is 0 Å². The van der Waals surface area contributed by atoms with Gasteiger partial charge in [0, 0.05) is 0 Å². The van der Waals surface area contributed by atoms with Crippen LogP contribution in [0.15, 0.2) is 42.5 Å². The second-order valence-corrected chi connectivity index (χ2v) is 4.21. The van der Waals surface area contributed by atoms with E-state index in [4.69, 9.17) is 5.73 Å². The van der Waals surface area contributed by atoms with E-state index in [0.29, 0.717) is 11.1 Å². The Balaban J connectivity index is 2.33. The molecule has 0 atom stereocenters. The summed E-state index contributed by atoms with van der Waals surface area (Å²) in [6, 6.07) is 9.12. The van der Waals surface area contributed by atoms with E-state index >= 15 is 0 Å². The van der Waals surface area contributed by atoms with Gasteiger partial charge in [-0.1, -0.05) is 18.2 Å². The molecule has 0 saturated heterocycles. The molecule has 0 unspecified atom stereocenters. The first-order valence-corrected chi connectivity index (χ1v) is 5.95. The minimum absolute atomic E-state index is 0.00764. The van der Waals surface area contributed by atoms with Crippen LogP contribution in [0.1, 0.15) is 0 Å². The maximum Gasteiger partial charge on any atom is 0.573 e. The Labute approximate surface area is 122 Å². The number of ether oxygens (including phenoxy) is 2. The molecule has 0 radical (unpaired) electrons. The molecule has 0 fully saturated rings. The zero-order valence-electron chi connectivity index (χ0n) is 10.9. The number of nitrogen functional groups attached to an aromatic ring is 1. The maximum atomic E-state index is 12.3. The van der Waals surface area contributed by atoms with Gasteiger partial charge in [0.2, 0.25) is 0 Å². The van der Waals surface area contributed by atoms with E-state index in [9.17, 15) is 22.0 Å². The highest BCUT2D eigenvalue weighted by Gasteiger charge is 2.31. The van der Waals surface area contributed by atoms with Gasteiger partial charge in [-0.25, -0.2) is 0 Å². The summed E-state index contributed by atoms with van der Waals surface area (Å²) in [5, 5.41) is 0. The van der Waals surface area contributed by atoms with Gasteiger partial charge < -0.3 is 15.2 Å².